The van der Waals surface area contributed by atoms with Gasteiger partial charge in [-0.3, -0.25) is 4.79 Å². The van der Waals surface area contributed by atoms with Crippen molar-refractivity contribution in [3.63, 3.8) is 0 Å². The van der Waals surface area contributed by atoms with Gasteiger partial charge in [0.05, 0.1) is 6.61 Å². The lowest BCUT2D eigenvalue weighted by Crippen LogP contribution is -2.47. The van der Waals surface area contributed by atoms with E-state index < -0.39 is 0 Å². The number of fused-ring (bicyclic) bond motifs is 1. The molecule has 1 aliphatic heterocycles. The molecule has 1 aliphatic rings. The summed E-state index contributed by atoms with van der Waals surface area (Å²) in [6.07, 6.45) is 2.64. The van der Waals surface area contributed by atoms with Gasteiger partial charge in [-0.1, -0.05) is 18.2 Å². The molecule has 0 aliphatic carbocycles. The number of amides is 1. The predicted octanol–water partition coefficient (Wildman–Crippen LogP) is 2.91. The van der Waals surface area contributed by atoms with Gasteiger partial charge in [0.1, 0.15) is 0 Å². The van der Waals surface area contributed by atoms with Crippen molar-refractivity contribution in [1.82, 2.24) is 14.4 Å². The molecular formula is C21H31N3O2. The lowest BCUT2D eigenvalue weighted by atomic mass is 10.0. The molecule has 2 aromatic rings. The van der Waals surface area contributed by atoms with Crippen molar-refractivity contribution < 1.29 is 9.53 Å². The minimum atomic E-state index is 0.244. The predicted molar refractivity (Wildman–Crippen MR) is 105 cm³/mol. The van der Waals surface area contributed by atoms with E-state index in [1.165, 1.54) is 16.6 Å². The van der Waals surface area contributed by atoms with E-state index in [4.69, 9.17) is 4.74 Å². The van der Waals surface area contributed by atoms with Crippen LogP contribution in [-0.2, 0) is 16.1 Å². The molecule has 0 spiro atoms. The van der Waals surface area contributed by atoms with Crippen LogP contribution in [0, 0.1) is 6.92 Å². The molecule has 0 bridgehead atoms. The molecule has 0 atom stereocenters. The highest BCUT2D eigenvalue weighted by Gasteiger charge is 2.26. The summed E-state index contributed by atoms with van der Waals surface area (Å²) in [5.74, 6) is 0.244. The van der Waals surface area contributed by atoms with Gasteiger partial charge in [0.15, 0.2) is 0 Å². The van der Waals surface area contributed by atoms with Gasteiger partial charge < -0.3 is 19.1 Å². The fourth-order valence-corrected chi connectivity index (χ4v) is 4.00. The Hall–Kier alpha value is -1.85. The SMILES string of the molecule is COCCN(C(=O)CCn1c(C)cc2ccccc21)C1CCN(C)CC1. The Bertz CT molecular complexity index is 732. The summed E-state index contributed by atoms with van der Waals surface area (Å²) in [6, 6.07) is 10.9. The fourth-order valence-electron chi connectivity index (χ4n) is 4.00. The topological polar surface area (TPSA) is 37.7 Å². The van der Waals surface area contributed by atoms with E-state index in [0.717, 1.165) is 32.5 Å². The van der Waals surface area contributed by atoms with Crippen LogP contribution in [0.1, 0.15) is 25.0 Å². The molecule has 2 heterocycles. The standard InChI is InChI=1S/C21H31N3O2/c1-17-16-18-6-4-5-7-20(18)23(17)13-10-21(25)24(14-15-26-3)19-8-11-22(2)12-9-19/h4-7,16,19H,8-15H2,1-3H3. The Morgan fingerprint density at radius 2 is 2.00 bits per heavy atom. The molecule has 1 aromatic heterocycles. The molecular weight excluding hydrogens is 326 g/mol. The molecule has 1 fully saturated rings. The number of likely N-dealkylation sites (tertiary alicyclic amines) is 1. The van der Waals surface area contributed by atoms with E-state index >= 15 is 0 Å². The van der Waals surface area contributed by atoms with Crippen molar-refractivity contribution in [3.05, 3.63) is 36.0 Å². The quantitative estimate of drug-likeness (QED) is 0.765. The molecule has 1 amide bonds. The summed E-state index contributed by atoms with van der Waals surface area (Å²) in [7, 11) is 3.85. The molecule has 0 unspecified atom stereocenters. The third-order valence-electron chi connectivity index (χ3n) is 5.55. The number of ether oxygens (including phenoxy) is 1. The number of methoxy groups -OCH3 is 1. The van der Waals surface area contributed by atoms with Crippen LogP contribution in [0.4, 0.5) is 0 Å². The summed E-state index contributed by atoms with van der Waals surface area (Å²) < 4.78 is 7.51. The van der Waals surface area contributed by atoms with Crippen molar-refractivity contribution in [1.29, 1.82) is 0 Å². The maximum absolute atomic E-state index is 13.0. The molecule has 1 aromatic carbocycles. The van der Waals surface area contributed by atoms with Crippen LogP contribution in [0.25, 0.3) is 10.9 Å². The van der Waals surface area contributed by atoms with Crippen LogP contribution >= 0.6 is 0 Å². The lowest BCUT2D eigenvalue weighted by Gasteiger charge is -2.37. The van der Waals surface area contributed by atoms with Gasteiger partial charge in [-0.25, -0.2) is 0 Å². The van der Waals surface area contributed by atoms with Gasteiger partial charge in [-0.15, -0.1) is 0 Å². The van der Waals surface area contributed by atoms with E-state index in [9.17, 15) is 4.79 Å². The Morgan fingerprint density at radius 3 is 2.73 bits per heavy atom. The Kier molecular flexibility index (Phi) is 6.33. The maximum Gasteiger partial charge on any atom is 0.224 e. The van der Waals surface area contributed by atoms with Crippen LogP contribution in [0.15, 0.2) is 30.3 Å². The number of piperidine rings is 1. The monoisotopic (exact) mass is 357 g/mol. The van der Waals surface area contributed by atoms with Crippen LogP contribution in [-0.4, -0.2) is 66.7 Å². The molecule has 5 heteroatoms. The van der Waals surface area contributed by atoms with Crippen molar-refractivity contribution >= 4 is 16.8 Å². The lowest BCUT2D eigenvalue weighted by molar-refractivity contribution is -0.135. The summed E-state index contributed by atoms with van der Waals surface area (Å²) >= 11 is 0. The summed E-state index contributed by atoms with van der Waals surface area (Å²) in [5, 5.41) is 1.24. The van der Waals surface area contributed by atoms with Gasteiger partial charge in [0, 0.05) is 43.9 Å². The zero-order valence-electron chi connectivity index (χ0n) is 16.3. The minimum Gasteiger partial charge on any atom is -0.383 e. The third-order valence-corrected chi connectivity index (χ3v) is 5.55. The van der Waals surface area contributed by atoms with E-state index in [2.05, 4.69) is 58.7 Å². The zero-order valence-corrected chi connectivity index (χ0v) is 16.3. The minimum absolute atomic E-state index is 0.244. The summed E-state index contributed by atoms with van der Waals surface area (Å²) in [6.45, 7) is 6.25. The van der Waals surface area contributed by atoms with E-state index in [1.54, 1.807) is 7.11 Å². The van der Waals surface area contributed by atoms with Crippen LogP contribution in [0.3, 0.4) is 0 Å². The molecule has 0 saturated carbocycles. The number of aromatic nitrogens is 1. The van der Waals surface area contributed by atoms with Gasteiger partial charge in [-0.05, 0) is 57.4 Å². The average molecular weight is 357 g/mol. The number of carbonyl (C=O) groups is 1. The fraction of sp³-hybridized carbons (Fsp3) is 0.571. The normalized spacial score (nSPS) is 16.3. The molecule has 0 radical (unpaired) electrons. The maximum atomic E-state index is 13.0. The second-order valence-corrected chi connectivity index (χ2v) is 7.36. The number of benzene rings is 1. The first-order chi connectivity index (χ1) is 12.6. The first-order valence-electron chi connectivity index (χ1n) is 9.62. The molecule has 142 valence electrons. The number of aryl methyl sites for hydroxylation is 2. The average Bonchev–Trinajstić information content (AvgIpc) is 2.96. The molecule has 26 heavy (non-hydrogen) atoms. The number of nitrogens with zero attached hydrogens (tertiary/aromatic N) is 3. The van der Waals surface area contributed by atoms with Gasteiger partial charge in [-0.2, -0.15) is 0 Å². The highest BCUT2D eigenvalue weighted by atomic mass is 16.5. The highest BCUT2D eigenvalue weighted by molar-refractivity contribution is 5.82. The number of carbonyl (C=O) groups excluding carboxylic acids is 1. The Labute approximate surface area is 156 Å². The number of rotatable bonds is 7. The largest absolute Gasteiger partial charge is 0.383 e. The van der Waals surface area contributed by atoms with E-state index in [0.29, 0.717) is 25.6 Å². The van der Waals surface area contributed by atoms with Crippen molar-refractivity contribution in [2.24, 2.45) is 0 Å². The van der Waals surface area contributed by atoms with Gasteiger partial charge in [0.2, 0.25) is 5.91 Å². The molecule has 0 N–H and O–H groups in total. The van der Waals surface area contributed by atoms with Gasteiger partial charge in [0.25, 0.3) is 0 Å². The second kappa shape index (κ2) is 8.69. The summed E-state index contributed by atoms with van der Waals surface area (Å²) in [4.78, 5) is 17.4. The van der Waals surface area contributed by atoms with Crippen LogP contribution in [0.2, 0.25) is 0 Å². The van der Waals surface area contributed by atoms with Crippen molar-refractivity contribution in [3.8, 4) is 0 Å². The Balaban J connectivity index is 1.67. The molecule has 3 rings (SSSR count). The van der Waals surface area contributed by atoms with E-state index in [-0.39, 0.29) is 5.91 Å². The summed E-state index contributed by atoms with van der Waals surface area (Å²) in [5.41, 5.74) is 2.42. The number of hydrogen-bond donors (Lipinski definition) is 0. The number of hydrogen-bond acceptors (Lipinski definition) is 3. The first-order valence-corrected chi connectivity index (χ1v) is 9.62. The Morgan fingerprint density at radius 1 is 1.27 bits per heavy atom. The molecule has 1 saturated heterocycles. The third kappa shape index (κ3) is 4.27. The van der Waals surface area contributed by atoms with Crippen molar-refractivity contribution in [2.45, 2.75) is 38.8 Å². The molecule has 5 nitrogen and oxygen atoms in total. The van der Waals surface area contributed by atoms with Crippen molar-refractivity contribution in [2.75, 3.05) is 40.4 Å². The van der Waals surface area contributed by atoms with Crippen LogP contribution < -0.4 is 0 Å². The smallest absolute Gasteiger partial charge is 0.224 e. The number of para-hydroxylation sites is 1. The zero-order chi connectivity index (χ0) is 18.5. The first kappa shape index (κ1) is 18.9. The van der Waals surface area contributed by atoms with Crippen LogP contribution in [0.5, 0.6) is 0 Å². The second-order valence-electron chi connectivity index (χ2n) is 7.36. The van der Waals surface area contributed by atoms with E-state index in [1.807, 2.05) is 0 Å². The van der Waals surface area contributed by atoms with Gasteiger partial charge >= 0.3 is 0 Å². The highest BCUT2D eigenvalue weighted by Crippen LogP contribution is 2.21.